The molecule has 0 spiro atoms. The predicted octanol–water partition coefficient (Wildman–Crippen LogP) is 3.63. The number of para-hydroxylation sites is 1. The average molecular weight is 319 g/mol. The summed E-state index contributed by atoms with van der Waals surface area (Å²) in [7, 11) is 1.61. The molecule has 0 radical (unpaired) electrons. The number of hydrogen-bond acceptors (Lipinski definition) is 3. The van der Waals surface area contributed by atoms with Crippen molar-refractivity contribution in [3.05, 3.63) is 59.9 Å². The van der Waals surface area contributed by atoms with Gasteiger partial charge in [-0.15, -0.1) is 11.8 Å². The molecular formula is C17H18FNO2S. The van der Waals surface area contributed by atoms with Gasteiger partial charge >= 0.3 is 0 Å². The molecule has 116 valence electrons. The van der Waals surface area contributed by atoms with Crippen LogP contribution in [0.4, 0.5) is 4.39 Å². The van der Waals surface area contributed by atoms with Gasteiger partial charge in [-0.2, -0.15) is 0 Å². The lowest BCUT2D eigenvalue weighted by Gasteiger charge is -2.09. The minimum Gasteiger partial charge on any atom is -0.496 e. The Bertz CT molecular complexity index is 616. The first kappa shape index (κ1) is 16.4. The fraction of sp³-hybridized carbons (Fsp3) is 0.235. The fourth-order valence-corrected chi connectivity index (χ4v) is 2.78. The van der Waals surface area contributed by atoms with Crippen LogP contribution in [0.15, 0.2) is 53.4 Å². The number of ether oxygens (including phenoxy) is 1. The van der Waals surface area contributed by atoms with Gasteiger partial charge in [0, 0.05) is 29.2 Å². The van der Waals surface area contributed by atoms with Gasteiger partial charge in [0.05, 0.1) is 7.11 Å². The zero-order valence-electron chi connectivity index (χ0n) is 12.3. The highest BCUT2D eigenvalue weighted by atomic mass is 32.2. The maximum Gasteiger partial charge on any atom is 0.221 e. The summed E-state index contributed by atoms with van der Waals surface area (Å²) in [6.45, 7) is 0.448. The second-order valence-corrected chi connectivity index (χ2v) is 5.81. The van der Waals surface area contributed by atoms with E-state index in [1.165, 1.54) is 23.9 Å². The summed E-state index contributed by atoms with van der Waals surface area (Å²) in [5, 5.41) is 2.88. The van der Waals surface area contributed by atoms with Gasteiger partial charge in [-0.3, -0.25) is 4.79 Å². The third kappa shape index (κ3) is 5.07. The van der Waals surface area contributed by atoms with Crippen LogP contribution in [-0.4, -0.2) is 18.8 Å². The second kappa shape index (κ2) is 8.44. The molecule has 0 aliphatic rings. The van der Waals surface area contributed by atoms with E-state index in [1.807, 2.05) is 24.3 Å². The molecule has 0 heterocycles. The zero-order valence-corrected chi connectivity index (χ0v) is 13.2. The van der Waals surface area contributed by atoms with E-state index in [0.29, 0.717) is 18.7 Å². The highest BCUT2D eigenvalue weighted by Gasteiger charge is 2.05. The number of carbonyl (C=O) groups excluding carboxylic acids is 1. The molecule has 1 amide bonds. The Balaban J connectivity index is 1.73. The molecule has 0 aliphatic heterocycles. The highest BCUT2D eigenvalue weighted by molar-refractivity contribution is 7.99. The molecular weight excluding hydrogens is 301 g/mol. The van der Waals surface area contributed by atoms with Crippen molar-refractivity contribution in [2.24, 2.45) is 0 Å². The molecule has 1 N–H and O–H groups in total. The average Bonchev–Trinajstić information content (AvgIpc) is 2.55. The standard InChI is InChI=1S/C17H18FNO2S/c1-21-16-5-3-2-4-13(16)12-19-17(20)10-11-22-15-8-6-14(18)7-9-15/h2-9H,10-12H2,1H3,(H,19,20). The first-order valence-corrected chi connectivity index (χ1v) is 7.94. The minimum absolute atomic E-state index is 0.0134. The predicted molar refractivity (Wildman–Crippen MR) is 86.6 cm³/mol. The lowest BCUT2D eigenvalue weighted by Crippen LogP contribution is -2.23. The van der Waals surface area contributed by atoms with E-state index in [4.69, 9.17) is 4.74 Å². The smallest absolute Gasteiger partial charge is 0.221 e. The van der Waals surface area contributed by atoms with E-state index in [2.05, 4.69) is 5.32 Å². The first-order valence-electron chi connectivity index (χ1n) is 6.96. The van der Waals surface area contributed by atoms with Crippen molar-refractivity contribution in [2.45, 2.75) is 17.9 Å². The van der Waals surface area contributed by atoms with Gasteiger partial charge in [-0.05, 0) is 30.3 Å². The summed E-state index contributed by atoms with van der Waals surface area (Å²) >= 11 is 1.53. The summed E-state index contributed by atoms with van der Waals surface area (Å²) in [6.07, 6.45) is 0.414. The Kier molecular flexibility index (Phi) is 6.27. The summed E-state index contributed by atoms with van der Waals surface area (Å²) < 4.78 is 18.0. The fourth-order valence-electron chi connectivity index (χ4n) is 1.92. The Morgan fingerprint density at radius 3 is 2.64 bits per heavy atom. The zero-order chi connectivity index (χ0) is 15.8. The van der Waals surface area contributed by atoms with Crippen molar-refractivity contribution >= 4 is 17.7 Å². The first-order chi connectivity index (χ1) is 10.7. The van der Waals surface area contributed by atoms with Gasteiger partial charge in [0.15, 0.2) is 0 Å². The van der Waals surface area contributed by atoms with Gasteiger partial charge in [0.1, 0.15) is 11.6 Å². The van der Waals surface area contributed by atoms with E-state index in [0.717, 1.165) is 16.2 Å². The number of hydrogen-bond donors (Lipinski definition) is 1. The van der Waals surface area contributed by atoms with E-state index in [1.54, 1.807) is 19.2 Å². The molecule has 2 aromatic carbocycles. The largest absolute Gasteiger partial charge is 0.496 e. The molecule has 0 bridgehead atoms. The molecule has 2 rings (SSSR count). The van der Waals surface area contributed by atoms with Gasteiger partial charge < -0.3 is 10.1 Å². The third-order valence-corrected chi connectivity index (χ3v) is 4.09. The third-order valence-electron chi connectivity index (χ3n) is 3.08. The van der Waals surface area contributed by atoms with Crippen LogP contribution >= 0.6 is 11.8 Å². The van der Waals surface area contributed by atoms with E-state index in [-0.39, 0.29) is 11.7 Å². The molecule has 0 fully saturated rings. The summed E-state index contributed by atoms with van der Waals surface area (Å²) in [4.78, 5) is 12.8. The Morgan fingerprint density at radius 2 is 1.91 bits per heavy atom. The van der Waals surface area contributed by atoms with Crippen LogP contribution in [0.3, 0.4) is 0 Å². The molecule has 0 saturated carbocycles. The van der Waals surface area contributed by atoms with Crippen LogP contribution in [0.1, 0.15) is 12.0 Å². The normalized spacial score (nSPS) is 10.3. The van der Waals surface area contributed by atoms with Crippen LogP contribution < -0.4 is 10.1 Å². The van der Waals surface area contributed by atoms with Crippen molar-refractivity contribution < 1.29 is 13.9 Å². The molecule has 3 nitrogen and oxygen atoms in total. The van der Waals surface area contributed by atoms with E-state index >= 15 is 0 Å². The maximum atomic E-state index is 12.8. The molecule has 0 aliphatic carbocycles. The number of thioether (sulfide) groups is 1. The topological polar surface area (TPSA) is 38.3 Å². The highest BCUT2D eigenvalue weighted by Crippen LogP contribution is 2.19. The molecule has 0 aromatic heterocycles. The lowest BCUT2D eigenvalue weighted by atomic mass is 10.2. The van der Waals surface area contributed by atoms with Gasteiger partial charge in [0.25, 0.3) is 0 Å². The number of nitrogens with one attached hydrogen (secondary N) is 1. The van der Waals surface area contributed by atoms with Crippen LogP contribution in [0.25, 0.3) is 0 Å². The minimum atomic E-state index is -0.251. The van der Waals surface area contributed by atoms with Gasteiger partial charge in [-0.1, -0.05) is 18.2 Å². The summed E-state index contributed by atoms with van der Waals surface area (Å²) in [5.74, 6) is 1.16. The molecule has 22 heavy (non-hydrogen) atoms. The van der Waals surface area contributed by atoms with Crippen molar-refractivity contribution in [2.75, 3.05) is 12.9 Å². The number of carbonyl (C=O) groups is 1. The van der Waals surface area contributed by atoms with E-state index < -0.39 is 0 Å². The number of halogens is 1. The Labute approximate surface area is 133 Å². The van der Waals surface area contributed by atoms with Crippen molar-refractivity contribution in [1.29, 1.82) is 0 Å². The van der Waals surface area contributed by atoms with E-state index in [9.17, 15) is 9.18 Å². The lowest BCUT2D eigenvalue weighted by molar-refractivity contribution is -0.120. The molecule has 0 unspecified atom stereocenters. The SMILES string of the molecule is COc1ccccc1CNC(=O)CCSc1ccc(F)cc1. The van der Waals surface area contributed by atoms with Crippen molar-refractivity contribution in [3.63, 3.8) is 0 Å². The Morgan fingerprint density at radius 1 is 1.18 bits per heavy atom. The molecule has 0 atom stereocenters. The number of benzene rings is 2. The maximum absolute atomic E-state index is 12.8. The summed E-state index contributed by atoms with van der Waals surface area (Å²) in [5.41, 5.74) is 0.949. The van der Waals surface area contributed by atoms with Crippen molar-refractivity contribution in [1.82, 2.24) is 5.32 Å². The molecule has 5 heteroatoms. The van der Waals surface area contributed by atoms with Gasteiger partial charge in [-0.25, -0.2) is 4.39 Å². The quantitative estimate of drug-likeness (QED) is 0.792. The Hall–Kier alpha value is -2.01. The van der Waals surface area contributed by atoms with Gasteiger partial charge in [0.2, 0.25) is 5.91 Å². The summed E-state index contributed by atoms with van der Waals surface area (Å²) in [6, 6.07) is 13.9. The van der Waals surface area contributed by atoms with Crippen LogP contribution in [-0.2, 0) is 11.3 Å². The van der Waals surface area contributed by atoms with Crippen molar-refractivity contribution in [3.8, 4) is 5.75 Å². The molecule has 2 aromatic rings. The van der Waals surface area contributed by atoms with Crippen LogP contribution in [0, 0.1) is 5.82 Å². The molecule has 0 saturated heterocycles. The van der Waals surface area contributed by atoms with Crippen LogP contribution in [0.2, 0.25) is 0 Å². The number of methoxy groups -OCH3 is 1. The second-order valence-electron chi connectivity index (χ2n) is 4.64. The monoisotopic (exact) mass is 319 g/mol. The van der Waals surface area contributed by atoms with Crippen LogP contribution in [0.5, 0.6) is 5.75 Å². The number of amides is 1. The number of rotatable bonds is 7.